The largest absolute Gasteiger partial charge is 0.444 e. The van der Waals surface area contributed by atoms with Crippen molar-refractivity contribution >= 4 is 34.5 Å². The number of imidazole rings is 1. The Balaban J connectivity index is 1.61. The van der Waals surface area contributed by atoms with Gasteiger partial charge in [0, 0.05) is 12.2 Å². The zero-order valence-electron chi connectivity index (χ0n) is 14.9. The van der Waals surface area contributed by atoms with Gasteiger partial charge in [-0.2, -0.15) is 0 Å². The van der Waals surface area contributed by atoms with Gasteiger partial charge in [-0.1, -0.05) is 23.7 Å². The molecular formula is C18H20ClN5O2. The number of amides is 1. The standard InChI is InChI=1S/C18H20ClN5O2/c1-18(2,3)26-17(25)23-13-6-4-12(5-7-13)8-9-24-11-22-14-15(19)20-10-21-16(14)24/h4-7,10-11H,8-9H2,1-3H3,(H,23,25). The van der Waals surface area contributed by atoms with Gasteiger partial charge < -0.3 is 9.30 Å². The molecule has 1 amide bonds. The maximum Gasteiger partial charge on any atom is 0.412 e. The highest BCUT2D eigenvalue weighted by molar-refractivity contribution is 6.33. The molecule has 1 aromatic carbocycles. The first kappa shape index (κ1) is 18.1. The maximum absolute atomic E-state index is 11.8. The van der Waals surface area contributed by atoms with E-state index in [1.54, 1.807) is 6.33 Å². The molecule has 0 saturated heterocycles. The number of nitrogens with zero attached hydrogens (tertiary/aromatic N) is 4. The van der Waals surface area contributed by atoms with Crippen LogP contribution in [-0.2, 0) is 17.7 Å². The van der Waals surface area contributed by atoms with Crippen LogP contribution in [0.1, 0.15) is 26.3 Å². The summed E-state index contributed by atoms with van der Waals surface area (Å²) in [6.45, 7) is 6.19. The van der Waals surface area contributed by atoms with Gasteiger partial charge in [-0.05, 0) is 44.9 Å². The molecule has 2 aromatic heterocycles. The summed E-state index contributed by atoms with van der Waals surface area (Å²) in [5, 5.41) is 3.07. The number of nitrogens with one attached hydrogen (secondary N) is 1. The second-order valence-corrected chi connectivity index (χ2v) is 7.21. The molecule has 0 fully saturated rings. The highest BCUT2D eigenvalue weighted by atomic mass is 35.5. The number of hydrogen-bond donors (Lipinski definition) is 1. The Kier molecular flexibility index (Phi) is 5.08. The van der Waals surface area contributed by atoms with Crippen molar-refractivity contribution in [2.75, 3.05) is 5.32 Å². The van der Waals surface area contributed by atoms with E-state index in [1.807, 2.05) is 49.6 Å². The van der Waals surface area contributed by atoms with E-state index in [9.17, 15) is 4.79 Å². The molecule has 1 N–H and O–H groups in total. The van der Waals surface area contributed by atoms with Gasteiger partial charge >= 0.3 is 6.09 Å². The van der Waals surface area contributed by atoms with E-state index in [0.29, 0.717) is 28.5 Å². The van der Waals surface area contributed by atoms with Gasteiger partial charge in [-0.3, -0.25) is 5.32 Å². The number of rotatable bonds is 4. The van der Waals surface area contributed by atoms with E-state index < -0.39 is 11.7 Å². The average Bonchev–Trinajstić information content (AvgIpc) is 2.97. The summed E-state index contributed by atoms with van der Waals surface area (Å²) in [7, 11) is 0. The molecule has 7 nitrogen and oxygen atoms in total. The fourth-order valence-electron chi connectivity index (χ4n) is 2.44. The van der Waals surface area contributed by atoms with E-state index in [4.69, 9.17) is 16.3 Å². The molecule has 3 aromatic rings. The number of anilines is 1. The molecule has 0 aliphatic carbocycles. The fourth-order valence-corrected chi connectivity index (χ4v) is 2.62. The van der Waals surface area contributed by atoms with Crippen LogP contribution in [0.5, 0.6) is 0 Å². The molecule has 26 heavy (non-hydrogen) atoms. The summed E-state index contributed by atoms with van der Waals surface area (Å²) in [5.41, 5.74) is 2.61. The lowest BCUT2D eigenvalue weighted by atomic mass is 10.1. The highest BCUT2D eigenvalue weighted by Crippen LogP contribution is 2.18. The van der Waals surface area contributed by atoms with E-state index in [0.717, 1.165) is 12.0 Å². The van der Waals surface area contributed by atoms with Crippen LogP contribution in [-0.4, -0.2) is 31.2 Å². The number of aromatic nitrogens is 4. The van der Waals surface area contributed by atoms with Crippen LogP contribution < -0.4 is 5.32 Å². The number of halogens is 1. The SMILES string of the molecule is CC(C)(C)OC(=O)Nc1ccc(CCn2cnc3c(Cl)ncnc32)cc1. The molecule has 0 saturated carbocycles. The van der Waals surface area contributed by atoms with Gasteiger partial charge in [-0.15, -0.1) is 0 Å². The van der Waals surface area contributed by atoms with E-state index in [2.05, 4.69) is 20.3 Å². The molecule has 8 heteroatoms. The lowest BCUT2D eigenvalue weighted by molar-refractivity contribution is 0.0636. The summed E-state index contributed by atoms with van der Waals surface area (Å²) in [6, 6.07) is 7.64. The number of hydrogen-bond acceptors (Lipinski definition) is 5. The van der Waals surface area contributed by atoms with Gasteiger partial charge in [0.25, 0.3) is 0 Å². The van der Waals surface area contributed by atoms with Crippen LogP contribution >= 0.6 is 11.6 Å². The Bertz CT molecular complexity index is 915. The third-order valence-corrected chi connectivity index (χ3v) is 3.87. The number of aryl methyl sites for hydroxylation is 2. The Morgan fingerprint density at radius 2 is 1.92 bits per heavy atom. The topological polar surface area (TPSA) is 81.9 Å². The Morgan fingerprint density at radius 1 is 1.19 bits per heavy atom. The van der Waals surface area contributed by atoms with Crippen molar-refractivity contribution in [2.45, 2.75) is 39.3 Å². The van der Waals surface area contributed by atoms with Crippen molar-refractivity contribution < 1.29 is 9.53 Å². The Hall–Kier alpha value is -2.67. The summed E-state index contributed by atoms with van der Waals surface area (Å²) < 4.78 is 7.18. The number of fused-ring (bicyclic) bond motifs is 1. The summed E-state index contributed by atoms with van der Waals surface area (Å²) in [5.74, 6) is 0. The van der Waals surface area contributed by atoms with Crippen LogP contribution in [0.2, 0.25) is 5.15 Å². The lowest BCUT2D eigenvalue weighted by Crippen LogP contribution is -2.27. The Morgan fingerprint density at radius 3 is 2.62 bits per heavy atom. The molecule has 0 aliphatic heterocycles. The molecule has 0 unspecified atom stereocenters. The number of ether oxygens (including phenoxy) is 1. The molecule has 136 valence electrons. The molecule has 0 atom stereocenters. The van der Waals surface area contributed by atoms with Crippen LogP contribution in [0.4, 0.5) is 10.5 Å². The third-order valence-electron chi connectivity index (χ3n) is 3.60. The molecule has 0 bridgehead atoms. The molecule has 0 spiro atoms. The van der Waals surface area contributed by atoms with Gasteiger partial charge in [-0.25, -0.2) is 19.7 Å². The minimum Gasteiger partial charge on any atom is -0.444 e. The maximum atomic E-state index is 11.8. The van der Waals surface area contributed by atoms with Crippen molar-refractivity contribution in [3.05, 3.63) is 47.6 Å². The fraction of sp³-hybridized carbons (Fsp3) is 0.333. The second kappa shape index (κ2) is 7.29. The van der Waals surface area contributed by atoms with E-state index >= 15 is 0 Å². The van der Waals surface area contributed by atoms with Gasteiger partial charge in [0.1, 0.15) is 17.4 Å². The molecule has 0 radical (unpaired) electrons. The van der Waals surface area contributed by atoms with Crippen LogP contribution in [0, 0.1) is 0 Å². The predicted octanol–water partition coefficient (Wildman–Crippen LogP) is 4.07. The smallest absolute Gasteiger partial charge is 0.412 e. The number of benzene rings is 1. The number of carbonyl (C=O) groups is 1. The quantitative estimate of drug-likeness (QED) is 0.697. The van der Waals surface area contributed by atoms with Crippen molar-refractivity contribution in [3.63, 3.8) is 0 Å². The molecule has 0 aliphatic rings. The molecular weight excluding hydrogens is 354 g/mol. The first-order valence-corrected chi connectivity index (χ1v) is 8.60. The monoisotopic (exact) mass is 373 g/mol. The zero-order valence-corrected chi connectivity index (χ0v) is 15.6. The first-order chi connectivity index (χ1) is 12.3. The van der Waals surface area contributed by atoms with Gasteiger partial charge in [0.2, 0.25) is 0 Å². The normalized spacial score (nSPS) is 11.5. The van der Waals surface area contributed by atoms with Crippen LogP contribution in [0.3, 0.4) is 0 Å². The summed E-state index contributed by atoms with van der Waals surface area (Å²) >= 11 is 6.01. The van der Waals surface area contributed by atoms with E-state index in [1.165, 1.54) is 6.33 Å². The van der Waals surface area contributed by atoms with Gasteiger partial charge in [0.05, 0.1) is 6.33 Å². The average molecular weight is 374 g/mol. The van der Waals surface area contributed by atoms with Crippen LogP contribution in [0.15, 0.2) is 36.9 Å². The summed E-state index contributed by atoms with van der Waals surface area (Å²) in [4.78, 5) is 24.2. The van der Waals surface area contributed by atoms with Crippen LogP contribution in [0.25, 0.3) is 11.2 Å². The van der Waals surface area contributed by atoms with Crippen molar-refractivity contribution in [3.8, 4) is 0 Å². The minimum atomic E-state index is -0.524. The molecule has 2 heterocycles. The highest BCUT2D eigenvalue weighted by Gasteiger charge is 2.16. The van der Waals surface area contributed by atoms with Crippen molar-refractivity contribution in [1.82, 2.24) is 19.5 Å². The zero-order chi connectivity index (χ0) is 18.7. The van der Waals surface area contributed by atoms with Gasteiger partial charge in [0.15, 0.2) is 10.8 Å². The summed E-state index contributed by atoms with van der Waals surface area (Å²) in [6.07, 6.45) is 3.47. The number of carbonyl (C=O) groups excluding carboxylic acids is 1. The second-order valence-electron chi connectivity index (χ2n) is 6.85. The van der Waals surface area contributed by atoms with Crippen molar-refractivity contribution in [1.29, 1.82) is 0 Å². The molecule has 3 rings (SSSR count). The lowest BCUT2D eigenvalue weighted by Gasteiger charge is -2.19. The Labute approximate surface area is 156 Å². The predicted molar refractivity (Wildman–Crippen MR) is 100 cm³/mol. The van der Waals surface area contributed by atoms with Crippen molar-refractivity contribution in [2.24, 2.45) is 0 Å². The third kappa shape index (κ3) is 4.49. The first-order valence-electron chi connectivity index (χ1n) is 8.22. The minimum absolute atomic E-state index is 0.353. The van der Waals surface area contributed by atoms with E-state index in [-0.39, 0.29) is 0 Å².